The first-order chi connectivity index (χ1) is 14.1. The molecule has 0 fully saturated rings. The monoisotopic (exact) mass is 405 g/mol. The van der Waals surface area contributed by atoms with E-state index in [1.807, 2.05) is 66.4 Å². The number of aliphatic imine (C=N–C) groups is 1. The molecule has 2 unspecified atom stereocenters. The zero-order valence-electron chi connectivity index (χ0n) is 16.6. The molecule has 29 heavy (non-hydrogen) atoms. The van der Waals surface area contributed by atoms with Crippen molar-refractivity contribution in [1.29, 1.82) is 0 Å². The predicted octanol–water partition coefficient (Wildman–Crippen LogP) is 5.49. The number of hydrogen-bond acceptors (Lipinski definition) is 4. The lowest BCUT2D eigenvalue weighted by Gasteiger charge is -2.35. The second-order valence-electron chi connectivity index (χ2n) is 6.99. The van der Waals surface area contributed by atoms with Crippen molar-refractivity contribution in [2.75, 3.05) is 11.9 Å². The van der Waals surface area contributed by atoms with Crippen LogP contribution in [0.4, 0.5) is 10.5 Å². The summed E-state index contributed by atoms with van der Waals surface area (Å²) in [6.45, 7) is 4.07. The number of nitrogens with one attached hydrogen (secondary N) is 1. The molecule has 0 spiro atoms. The molecule has 2 aliphatic heterocycles. The summed E-state index contributed by atoms with van der Waals surface area (Å²) in [7, 11) is 1.66. The number of carbonyl (C=O) groups excluding carboxylic acids is 1. The van der Waals surface area contributed by atoms with Crippen LogP contribution in [0.25, 0.3) is 0 Å². The van der Waals surface area contributed by atoms with E-state index in [1.54, 1.807) is 25.0 Å². The maximum Gasteiger partial charge on any atom is 0.322 e. The number of allylic oxidation sites excluding steroid dienone is 1. The molecule has 2 aliphatic rings. The van der Waals surface area contributed by atoms with Crippen molar-refractivity contribution in [3.05, 3.63) is 77.4 Å². The van der Waals surface area contributed by atoms with Gasteiger partial charge in [0.05, 0.1) is 17.0 Å². The maximum absolute atomic E-state index is 12.9. The van der Waals surface area contributed by atoms with Crippen LogP contribution >= 0.6 is 11.8 Å². The van der Waals surface area contributed by atoms with Crippen LogP contribution in [0.15, 0.2) is 76.8 Å². The Morgan fingerprint density at radius 3 is 2.66 bits per heavy atom. The van der Waals surface area contributed by atoms with Gasteiger partial charge in [0.2, 0.25) is 0 Å². The number of amides is 2. The molecule has 6 heteroatoms. The highest BCUT2D eigenvalue weighted by Gasteiger charge is 2.37. The molecule has 1 N–H and O–H groups in total. The number of nitrogens with zero attached hydrogens (tertiary/aromatic N) is 2. The van der Waals surface area contributed by atoms with Gasteiger partial charge in [-0.05, 0) is 60.7 Å². The van der Waals surface area contributed by atoms with E-state index in [-0.39, 0.29) is 18.0 Å². The third-order valence-electron chi connectivity index (χ3n) is 4.96. The Labute approximate surface area is 175 Å². The average Bonchev–Trinajstić information content (AvgIpc) is 3.11. The van der Waals surface area contributed by atoms with Gasteiger partial charge in [-0.25, -0.2) is 4.79 Å². The summed E-state index contributed by atoms with van der Waals surface area (Å²) < 4.78 is 5.94. The molecule has 4 rings (SSSR count). The summed E-state index contributed by atoms with van der Waals surface area (Å²) in [6, 6.07) is 15.2. The number of ether oxygens (including phenoxy) is 1. The number of aryl methyl sites for hydroxylation is 1. The molecule has 148 valence electrons. The number of thioether (sulfide) groups is 1. The van der Waals surface area contributed by atoms with E-state index in [4.69, 9.17) is 4.74 Å². The van der Waals surface area contributed by atoms with Crippen LogP contribution in [0.1, 0.15) is 12.5 Å². The average molecular weight is 406 g/mol. The minimum atomic E-state index is -0.149. The Morgan fingerprint density at radius 1 is 1.14 bits per heavy atom. The van der Waals surface area contributed by atoms with E-state index < -0.39 is 0 Å². The third-order valence-corrected chi connectivity index (χ3v) is 6.00. The van der Waals surface area contributed by atoms with Crippen molar-refractivity contribution in [3.8, 4) is 11.5 Å². The SMILES string of the molecule is CNC(=O)N(c1ccc(Oc2ccccc2)cc1C)C1C=CN=C2SC(C)=CC21. The molecule has 5 nitrogen and oxygen atoms in total. The lowest BCUT2D eigenvalue weighted by Crippen LogP contribution is -2.49. The van der Waals surface area contributed by atoms with Crippen molar-refractivity contribution < 1.29 is 9.53 Å². The summed E-state index contributed by atoms with van der Waals surface area (Å²) in [5.74, 6) is 1.59. The smallest absolute Gasteiger partial charge is 0.322 e. The molecule has 2 amide bonds. The highest BCUT2D eigenvalue weighted by molar-refractivity contribution is 8.17. The molecule has 0 bridgehead atoms. The van der Waals surface area contributed by atoms with Crippen molar-refractivity contribution in [2.45, 2.75) is 19.9 Å². The minimum Gasteiger partial charge on any atom is -0.457 e. The molecule has 0 saturated carbocycles. The highest BCUT2D eigenvalue weighted by atomic mass is 32.2. The van der Waals surface area contributed by atoms with Gasteiger partial charge in [-0.3, -0.25) is 9.89 Å². The zero-order valence-corrected chi connectivity index (χ0v) is 17.4. The Balaban J connectivity index is 1.66. The standard InChI is InChI=1S/C23H23N3O2S/c1-15-13-18(28-17-7-5-4-6-8-17)9-10-20(15)26(23(27)24-3)21-11-12-25-22-19(21)14-16(2)29-22/h4-14,19,21H,1-3H3,(H,24,27). The first-order valence-electron chi connectivity index (χ1n) is 9.52. The number of anilines is 1. The Kier molecular flexibility index (Phi) is 5.45. The fraction of sp³-hybridized carbons (Fsp3) is 0.217. The number of rotatable bonds is 4. The molecular weight excluding hydrogens is 382 g/mol. The van der Waals surface area contributed by atoms with E-state index in [0.29, 0.717) is 0 Å². The van der Waals surface area contributed by atoms with Gasteiger partial charge in [0.1, 0.15) is 11.5 Å². The van der Waals surface area contributed by atoms with Gasteiger partial charge < -0.3 is 10.1 Å². The fourth-order valence-electron chi connectivity index (χ4n) is 3.63. The highest BCUT2D eigenvalue weighted by Crippen LogP contribution is 2.39. The van der Waals surface area contributed by atoms with Crippen LogP contribution in [0, 0.1) is 12.8 Å². The number of hydrogen-bond donors (Lipinski definition) is 1. The van der Waals surface area contributed by atoms with Crippen LogP contribution in [0.2, 0.25) is 0 Å². The summed E-state index contributed by atoms with van der Waals surface area (Å²) in [4.78, 5) is 20.4. The van der Waals surface area contributed by atoms with Gasteiger partial charge in [-0.15, -0.1) is 0 Å². The lowest BCUT2D eigenvalue weighted by atomic mass is 9.96. The number of para-hydroxylation sites is 1. The lowest BCUT2D eigenvalue weighted by molar-refractivity contribution is 0.246. The minimum absolute atomic E-state index is 0.0712. The summed E-state index contributed by atoms with van der Waals surface area (Å²) in [6.07, 6.45) is 5.98. The van der Waals surface area contributed by atoms with Crippen LogP contribution in [0.3, 0.4) is 0 Å². The summed E-state index contributed by atoms with van der Waals surface area (Å²) in [5.41, 5.74) is 1.81. The number of urea groups is 1. The normalized spacial score (nSPS) is 19.8. The molecular formula is C23H23N3O2S. The van der Waals surface area contributed by atoms with Gasteiger partial charge in [0.25, 0.3) is 0 Å². The van der Waals surface area contributed by atoms with E-state index in [1.165, 1.54) is 4.91 Å². The molecule has 0 radical (unpaired) electrons. The molecule has 0 aliphatic carbocycles. The quantitative estimate of drug-likeness (QED) is 0.731. The second kappa shape index (κ2) is 8.17. The second-order valence-corrected chi connectivity index (χ2v) is 8.26. The first-order valence-corrected chi connectivity index (χ1v) is 10.3. The van der Waals surface area contributed by atoms with Crippen molar-refractivity contribution in [1.82, 2.24) is 5.32 Å². The summed E-state index contributed by atoms with van der Waals surface area (Å²) in [5, 5.41) is 3.82. The van der Waals surface area contributed by atoms with Gasteiger partial charge in [-0.2, -0.15) is 0 Å². The zero-order chi connectivity index (χ0) is 20.4. The van der Waals surface area contributed by atoms with Gasteiger partial charge in [-0.1, -0.05) is 36.0 Å². The molecule has 2 aromatic carbocycles. The van der Waals surface area contributed by atoms with Crippen LogP contribution in [-0.4, -0.2) is 24.2 Å². The van der Waals surface area contributed by atoms with Crippen LogP contribution < -0.4 is 15.0 Å². The Bertz CT molecular complexity index is 1010. The number of fused-ring (bicyclic) bond motifs is 1. The molecule has 0 aromatic heterocycles. The molecule has 0 saturated heterocycles. The van der Waals surface area contributed by atoms with Gasteiger partial charge in [0, 0.05) is 18.9 Å². The van der Waals surface area contributed by atoms with Crippen LogP contribution in [-0.2, 0) is 0 Å². The molecule has 2 heterocycles. The van der Waals surface area contributed by atoms with E-state index in [0.717, 1.165) is 27.8 Å². The van der Waals surface area contributed by atoms with Crippen molar-refractivity contribution >= 4 is 28.5 Å². The van der Waals surface area contributed by atoms with Crippen molar-refractivity contribution in [3.63, 3.8) is 0 Å². The summed E-state index contributed by atoms with van der Waals surface area (Å²) >= 11 is 1.67. The fourth-order valence-corrected chi connectivity index (χ4v) is 4.63. The van der Waals surface area contributed by atoms with Gasteiger partial charge >= 0.3 is 6.03 Å². The van der Waals surface area contributed by atoms with E-state index >= 15 is 0 Å². The first kappa shape index (κ1) is 19.3. The number of benzene rings is 2. The van der Waals surface area contributed by atoms with Gasteiger partial charge in [0.15, 0.2) is 0 Å². The maximum atomic E-state index is 12.9. The van der Waals surface area contributed by atoms with E-state index in [2.05, 4.69) is 23.3 Å². The Morgan fingerprint density at radius 2 is 1.93 bits per heavy atom. The number of carbonyl (C=O) groups is 1. The molecule has 2 atom stereocenters. The van der Waals surface area contributed by atoms with E-state index in [9.17, 15) is 4.79 Å². The third kappa shape index (κ3) is 3.93. The molecule has 2 aromatic rings. The predicted molar refractivity (Wildman–Crippen MR) is 120 cm³/mol. The topological polar surface area (TPSA) is 53.9 Å². The largest absolute Gasteiger partial charge is 0.457 e. The van der Waals surface area contributed by atoms with Crippen LogP contribution in [0.5, 0.6) is 11.5 Å². The Hall–Kier alpha value is -2.99. The van der Waals surface area contributed by atoms with Crippen molar-refractivity contribution in [2.24, 2.45) is 10.9 Å².